The van der Waals surface area contributed by atoms with Crippen molar-refractivity contribution in [1.29, 1.82) is 0 Å². The van der Waals surface area contributed by atoms with Crippen LogP contribution in [0, 0.1) is 0 Å². The summed E-state index contributed by atoms with van der Waals surface area (Å²) in [7, 11) is 0. The van der Waals surface area contributed by atoms with Crippen molar-refractivity contribution in [2.75, 3.05) is 0 Å². The third-order valence-electron chi connectivity index (χ3n) is 3.07. The number of ketones is 2. The molecular weight excluding hydrogens is 280 g/mol. The summed E-state index contributed by atoms with van der Waals surface area (Å²) >= 11 is 0. The van der Waals surface area contributed by atoms with E-state index in [-0.39, 0.29) is 12.6 Å². The molecule has 0 unspecified atom stereocenters. The van der Waals surface area contributed by atoms with Gasteiger partial charge in [0.15, 0.2) is 12.6 Å². The van der Waals surface area contributed by atoms with E-state index in [1.807, 2.05) is 12.2 Å². The molecule has 108 valence electrons. The Morgan fingerprint density at radius 2 is 0.909 bits per heavy atom. The van der Waals surface area contributed by atoms with Crippen molar-refractivity contribution in [3.63, 3.8) is 0 Å². The van der Waals surface area contributed by atoms with Crippen LogP contribution in [0.25, 0.3) is 12.2 Å². The first kappa shape index (κ1) is 15.3. The molecule has 0 atom stereocenters. The van der Waals surface area contributed by atoms with Crippen LogP contribution in [-0.4, -0.2) is 24.1 Å². The van der Waals surface area contributed by atoms with Crippen LogP contribution in [0.1, 0.15) is 31.8 Å². The summed E-state index contributed by atoms with van der Waals surface area (Å²) in [6.45, 7) is 0. The van der Waals surface area contributed by atoms with Crippen molar-refractivity contribution >= 4 is 36.3 Å². The smallest absolute Gasteiger partial charge is 0.225 e. The van der Waals surface area contributed by atoms with Crippen molar-refractivity contribution < 1.29 is 19.2 Å². The van der Waals surface area contributed by atoms with Crippen LogP contribution in [0.4, 0.5) is 0 Å². The normalized spacial score (nSPS) is 10.4. The van der Waals surface area contributed by atoms with Crippen LogP contribution in [-0.2, 0) is 9.59 Å². The average Bonchev–Trinajstić information content (AvgIpc) is 2.59. The molecule has 2 rings (SSSR count). The molecule has 0 radical (unpaired) electrons. The SMILES string of the molecule is O=CC(=O)c1ccc(/C=C/c2ccc(C(=O)C=O)cc2)cc1. The highest BCUT2D eigenvalue weighted by molar-refractivity contribution is 6.33. The number of Topliss-reactive ketones (excluding diaryl/α,β-unsaturated/α-hetero) is 2. The molecule has 0 aliphatic heterocycles. The second-order valence-corrected chi connectivity index (χ2v) is 4.54. The fraction of sp³-hybridized carbons (Fsp3) is 0. The standard InChI is InChI=1S/C18H12O4/c19-11-17(21)15-7-3-13(4-8-15)1-2-14-5-9-16(10-6-14)18(22)12-20/h1-12H/b2-1+. The molecule has 0 bridgehead atoms. The Bertz CT molecular complexity index is 672. The maximum atomic E-state index is 11.2. The molecule has 0 spiro atoms. The minimum Gasteiger partial charge on any atom is -0.294 e. The number of benzene rings is 2. The van der Waals surface area contributed by atoms with Crippen molar-refractivity contribution in [2.45, 2.75) is 0 Å². The summed E-state index contributed by atoms with van der Waals surface area (Å²) in [5, 5.41) is 0. The molecule has 2 aromatic carbocycles. The molecule has 0 heterocycles. The van der Waals surface area contributed by atoms with E-state index in [4.69, 9.17) is 0 Å². The van der Waals surface area contributed by atoms with Crippen molar-refractivity contribution in [3.8, 4) is 0 Å². The van der Waals surface area contributed by atoms with Gasteiger partial charge in [-0.2, -0.15) is 0 Å². The summed E-state index contributed by atoms with van der Waals surface area (Å²) in [6, 6.07) is 13.3. The Morgan fingerprint density at radius 1 is 0.591 bits per heavy atom. The Labute approximate surface area is 127 Å². The summed E-state index contributed by atoms with van der Waals surface area (Å²) < 4.78 is 0. The van der Waals surface area contributed by atoms with Gasteiger partial charge in [-0.15, -0.1) is 0 Å². The highest BCUT2D eigenvalue weighted by Gasteiger charge is 2.03. The fourth-order valence-electron chi connectivity index (χ4n) is 1.85. The van der Waals surface area contributed by atoms with Gasteiger partial charge in [0.1, 0.15) is 0 Å². The van der Waals surface area contributed by atoms with Gasteiger partial charge in [0.2, 0.25) is 11.6 Å². The molecule has 0 aliphatic carbocycles. The number of carbonyl (C=O) groups is 4. The quantitative estimate of drug-likeness (QED) is 0.355. The Morgan fingerprint density at radius 3 is 1.18 bits per heavy atom. The lowest BCUT2D eigenvalue weighted by atomic mass is 10.1. The monoisotopic (exact) mass is 292 g/mol. The highest BCUT2D eigenvalue weighted by Crippen LogP contribution is 2.11. The molecule has 4 nitrogen and oxygen atoms in total. The number of carbonyl (C=O) groups excluding carboxylic acids is 4. The lowest BCUT2D eigenvalue weighted by Crippen LogP contribution is -1.99. The summed E-state index contributed by atoms with van der Waals surface area (Å²) in [5.74, 6) is -1.10. The lowest BCUT2D eigenvalue weighted by Gasteiger charge is -1.98. The second-order valence-electron chi connectivity index (χ2n) is 4.54. The van der Waals surface area contributed by atoms with Crippen LogP contribution >= 0.6 is 0 Å². The Balaban J connectivity index is 2.11. The van der Waals surface area contributed by atoms with Gasteiger partial charge in [-0.3, -0.25) is 19.2 Å². The molecule has 0 saturated carbocycles. The van der Waals surface area contributed by atoms with Gasteiger partial charge in [-0.05, 0) is 11.1 Å². The van der Waals surface area contributed by atoms with E-state index in [0.29, 0.717) is 11.1 Å². The number of hydrogen-bond acceptors (Lipinski definition) is 4. The second kappa shape index (κ2) is 7.04. The van der Waals surface area contributed by atoms with Gasteiger partial charge in [0.05, 0.1) is 0 Å². The van der Waals surface area contributed by atoms with E-state index in [2.05, 4.69) is 0 Å². The fourth-order valence-corrected chi connectivity index (χ4v) is 1.85. The van der Waals surface area contributed by atoms with Crippen LogP contribution < -0.4 is 0 Å². The Kier molecular flexibility index (Phi) is 4.88. The first-order valence-electron chi connectivity index (χ1n) is 6.51. The summed E-state index contributed by atoms with van der Waals surface area (Å²) in [6.07, 6.45) is 4.25. The van der Waals surface area contributed by atoms with Gasteiger partial charge in [-0.1, -0.05) is 60.7 Å². The summed E-state index contributed by atoms with van der Waals surface area (Å²) in [4.78, 5) is 43.1. The molecular formula is C18H12O4. The number of aldehydes is 2. The minimum atomic E-state index is -0.550. The molecule has 0 aliphatic rings. The third kappa shape index (κ3) is 3.70. The number of hydrogen-bond donors (Lipinski definition) is 0. The van der Waals surface area contributed by atoms with E-state index in [9.17, 15) is 19.2 Å². The zero-order valence-corrected chi connectivity index (χ0v) is 11.6. The van der Waals surface area contributed by atoms with E-state index < -0.39 is 11.6 Å². The predicted molar refractivity (Wildman–Crippen MR) is 82.6 cm³/mol. The van der Waals surface area contributed by atoms with E-state index >= 15 is 0 Å². The predicted octanol–water partition coefficient (Wildman–Crippen LogP) is 2.62. The van der Waals surface area contributed by atoms with Gasteiger partial charge < -0.3 is 0 Å². The molecule has 2 aromatic rings. The van der Waals surface area contributed by atoms with Crippen LogP contribution in [0.5, 0.6) is 0 Å². The highest BCUT2D eigenvalue weighted by atomic mass is 16.2. The first-order valence-corrected chi connectivity index (χ1v) is 6.51. The lowest BCUT2D eigenvalue weighted by molar-refractivity contribution is -0.105. The van der Waals surface area contributed by atoms with Gasteiger partial charge in [-0.25, -0.2) is 0 Å². The minimum absolute atomic E-state index is 0.285. The molecule has 0 amide bonds. The molecule has 0 aromatic heterocycles. The largest absolute Gasteiger partial charge is 0.294 e. The maximum absolute atomic E-state index is 11.2. The summed E-state index contributed by atoms with van der Waals surface area (Å²) in [5.41, 5.74) is 2.44. The zero-order chi connectivity index (χ0) is 15.9. The van der Waals surface area contributed by atoms with Gasteiger partial charge in [0.25, 0.3) is 0 Å². The number of rotatable bonds is 6. The average molecular weight is 292 g/mol. The van der Waals surface area contributed by atoms with Gasteiger partial charge in [0, 0.05) is 11.1 Å². The van der Waals surface area contributed by atoms with E-state index in [1.54, 1.807) is 48.5 Å². The van der Waals surface area contributed by atoms with E-state index in [0.717, 1.165) is 11.1 Å². The molecule has 0 fully saturated rings. The van der Waals surface area contributed by atoms with Crippen LogP contribution in [0.15, 0.2) is 48.5 Å². The Hall–Kier alpha value is -3.14. The van der Waals surface area contributed by atoms with Crippen molar-refractivity contribution in [2.24, 2.45) is 0 Å². The van der Waals surface area contributed by atoms with Crippen LogP contribution in [0.3, 0.4) is 0 Å². The molecule has 0 saturated heterocycles. The third-order valence-corrected chi connectivity index (χ3v) is 3.07. The first-order chi connectivity index (χ1) is 10.6. The van der Waals surface area contributed by atoms with Crippen LogP contribution in [0.2, 0.25) is 0 Å². The van der Waals surface area contributed by atoms with Gasteiger partial charge >= 0.3 is 0 Å². The molecule has 22 heavy (non-hydrogen) atoms. The molecule has 0 N–H and O–H groups in total. The zero-order valence-electron chi connectivity index (χ0n) is 11.6. The maximum Gasteiger partial charge on any atom is 0.225 e. The van der Waals surface area contributed by atoms with Crippen molar-refractivity contribution in [3.05, 3.63) is 70.8 Å². The van der Waals surface area contributed by atoms with Crippen molar-refractivity contribution in [1.82, 2.24) is 0 Å². The van der Waals surface area contributed by atoms with E-state index in [1.165, 1.54) is 0 Å². The topological polar surface area (TPSA) is 68.3 Å². The molecule has 4 heteroatoms.